The molecule has 2 saturated heterocycles. The summed E-state index contributed by atoms with van der Waals surface area (Å²) in [4.78, 5) is 13.1. The van der Waals surface area contributed by atoms with E-state index >= 15 is 0 Å². The summed E-state index contributed by atoms with van der Waals surface area (Å²) in [5.74, 6) is 0.306. The molecule has 4 aliphatic rings. The molecule has 4 rings (SSSR count). The Morgan fingerprint density at radius 1 is 1.08 bits per heavy atom. The molecule has 24 heavy (non-hydrogen) atoms. The predicted octanol–water partition coefficient (Wildman–Crippen LogP) is 3.17. The first-order valence-electron chi connectivity index (χ1n) is 9.36. The van der Waals surface area contributed by atoms with E-state index in [2.05, 4.69) is 20.8 Å². The van der Waals surface area contributed by atoms with Crippen LogP contribution in [-0.2, 0) is 14.3 Å². The molecule has 2 heterocycles. The van der Waals surface area contributed by atoms with Crippen LogP contribution in [0.1, 0.15) is 66.7 Å². The Morgan fingerprint density at radius 3 is 2.50 bits per heavy atom. The fourth-order valence-corrected chi connectivity index (χ4v) is 5.07. The van der Waals surface area contributed by atoms with E-state index in [9.17, 15) is 9.90 Å². The number of carbonyl (C=O) groups excluding carboxylic acids is 1. The predicted molar refractivity (Wildman–Crippen MR) is 90.6 cm³/mol. The van der Waals surface area contributed by atoms with Crippen molar-refractivity contribution in [3.8, 4) is 0 Å². The first kappa shape index (κ1) is 16.7. The molecule has 1 saturated carbocycles. The zero-order valence-electron chi connectivity index (χ0n) is 15.5. The third-order valence-corrected chi connectivity index (χ3v) is 7.87. The maximum absolute atomic E-state index is 13.1. The van der Waals surface area contributed by atoms with Gasteiger partial charge in [0.05, 0.1) is 17.3 Å². The van der Waals surface area contributed by atoms with E-state index in [1.165, 1.54) is 0 Å². The van der Waals surface area contributed by atoms with Crippen LogP contribution < -0.4 is 0 Å². The molecule has 0 aromatic carbocycles. The fourth-order valence-electron chi connectivity index (χ4n) is 5.07. The molecular formula is C20H30O4. The topological polar surface area (TPSA) is 62.4 Å². The second kappa shape index (κ2) is 4.72. The molecule has 134 valence electrons. The lowest BCUT2D eigenvalue weighted by Crippen LogP contribution is -2.54. The number of hydrogen-bond donors (Lipinski definition) is 1. The van der Waals surface area contributed by atoms with Crippen LogP contribution in [0.15, 0.2) is 11.6 Å². The lowest BCUT2D eigenvalue weighted by Gasteiger charge is -2.51. The van der Waals surface area contributed by atoms with Crippen molar-refractivity contribution in [1.29, 1.82) is 0 Å². The minimum absolute atomic E-state index is 0.0133. The van der Waals surface area contributed by atoms with E-state index in [0.29, 0.717) is 11.5 Å². The van der Waals surface area contributed by atoms with Crippen LogP contribution in [0.3, 0.4) is 0 Å². The Labute approximate surface area is 144 Å². The highest BCUT2D eigenvalue weighted by molar-refractivity contribution is 6.03. The first-order chi connectivity index (χ1) is 11.0. The lowest BCUT2D eigenvalue weighted by molar-refractivity contribution is -0.125. The Bertz CT molecular complexity index is 623. The number of carbonyl (C=O) groups is 1. The van der Waals surface area contributed by atoms with Crippen molar-refractivity contribution in [3.63, 3.8) is 0 Å². The van der Waals surface area contributed by atoms with Gasteiger partial charge in [-0.05, 0) is 58.8 Å². The van der Waals surface area contributed by atoms with Crippen LogP contribution in [0, 0.1) is 11.3 Å². The van der Waals surface area contributed by atoms with Gasteiger partial charge in [-0.25, -0.2) is 0 Å². The van der Waals surface area contributed by atoms with Gasteiger partial charge in [-0.2, -0.15) is 0 Å². The summed E-state index contributed by atoms with van der Waals surface area (Å²) in [5, 5.41) is 11.5. The molecule has 0 unspecified atom stereocenters. The van der Waals surface area contributed by atoms with Gasteiger partial charge in [-0.15, -0.1) is 0 Å². The highest BCUT2D eigenvalue weighted by Crippen LogP contribution is 2.57. The summed E-state index contributed by atoms with van der Waals surface area (Å²) in [5.41, 5.74) is -1.37. The summed E-state index contributed by atoms with van der Waals surface area (Å²) in [6.07, 6.45) is 6.22. The van der Waals surface area contributed by atoms with Crippen molar-refractivity contribution in [2.45, 2.75) is 95.7 Å². The second-order valence-electron chi connectivity index (χ2n) is 9.38. The van der Waals surface area contributed by atoms with Crippen LogP contribution >= 0.6 is 0 Å². The van der Waals surface area contributed by atoms with E-state index < -0.39 is 11.7 Å². The first-order valence-corrected chi connectivity index (χ1v) is 9.36. The number of allylic oxidation sites excluding steroid dienone is 1. The van der Waals surface area contributed by atoms with Gasteiger partial charge in [-0.1, -0.05) is 19.9 Å². The van der Waals surface area contributed by atoms with Crippen molar-refractivity contribution >= 4 is 5.78 Å². The molecule has 2 aliphatic heterocycles. The molecule has 1 N–H and O–H groups in total. The van der Waals surface area contributed by atoms with Crippen molar-refractivity contribution in [1.82, 2.24) is 0 Å². The monoisotopic (exact) mass is 334 g/mol. The minimum Gasteiger partial charge on any atom is -0.385 e. The third kappa shape index (κ3) is 2.12. The molecule has 0 aromatic rings. The largest absolute Gasteiger partial charge is 0.385 e. The van der Waals surface area contributed by atoms with Crippen molar-refractivity contribution in [2.24, 2.45) is 11.3 Å². The van der Waals surface area contributed by atoms with Gasteiger partial charge in [0.2, 0.25) is 0 Å². The average Bonchev–Trinajstić information content (AvgIpc) is 3.36. The Hall–Kier alpha value is -0.710. The van der Waals surface area contributed by atoms with Gasteiger partial charge in [0.15, 0.2) is 5.78 Å². The summed E-state index contributed by atoms with van der Waals surface area (Å²) in [6, 6.07) is 0. The molecule has 0 radical (unpaired) electrons. The van der Waals surface area contributed by atoms with Crippen LogP contribution in [-0.4, -0.2) is 39.9 Å². The fraction of sp³-hybridized carbons (Fsp3) is 0.850. The summed E-state index contributed by atoms with van der Waals surface area (Å²) in [6.45, 7) is 10.3. The van der Waals surface area contributed by atoms with E-state index in [1.54, 1.807) is 0 Å². The number of hydrogen-bond acceptors (Lipinski definition) is 4. The van der Waals surface area contributed by atoms with Gasteiger partial charge < -0.3 is 14.6 Å². The van der Waals surface area contributed by atoms with Crippen molar-refractivity contribution in [2.75, 3.05) is 0 Å². The van der Waals surface area contributed by atoms with Crippen LogP contribution in [0.4, 0.5) is 0 Å². The molecule has 0 amide bonds. The molecule has 4 nitrogen and oxygen atoms in total. The Balaban J connectivity index is 1.74. The quantitative estimate of drug-likeness (QED) is 0.691. The Morgan fingerprint density at radius 2 is 1.79 bits per heavy atom. The van der Waals surface area contributed by atoms with E-state index in [1.807, 2.05) is 19.9 Å². The average molecular weight is 334 g/mol. The number of fused-ring (bicyclic) bond motifs is 4. The minimum atomic E-state index is -1.13. The number of rotatable bonds is 0. The van der Waals surface area contributed by atoms with Gasteiger partial charge in [0.1, 0.15) is 11.7 Å². The van der Waals surface area contributed by atoms with Gasteiger partial charge >= 0.3 is 0 Å². The van der Waals surface area contributed by atoms with E-state index in [-0.39, 0.29) is 28.5 Å². The number of aliphatic hydroxyl groups is 1. The molecule has 2 bridgehead atoms. The molecule has 0 aromatic heterocycles. The maximum Gasteiger partial charge on any atom is 0.193 e. The van der Waals surface area contributed by atoms with Crippen LogP contribution in [0.25, 0.3) is 0 Å². The van der Waals surface area contributed by atoms with Gasteiger partial charge in [0.25, 0.3) is 0 Å². The lowest BCUT2D eigenvalue weighted by atomic mass is 9.56. The molecule has 2 aliphatic carbocycles. The number of epoxide rings is 2. The van der Waals surface area contributed by atoms with Gasteiger partial charge in [-0.3, -0.25) is 4.79 Å². The maximum atomic E-state index is 13.1. The highest BCUT2D eigenvalue weighted by atomic mass is 16.6. The highest BCUT2D eigenvalue weighted by Gasteiger charge is 2.64. The van der Waals surface area contributed by atoms with Crippen LogP contribution in [0.2, 0.25) is 0 Å². The molecular weight excluding hydrogens is 304 g/mol. The van der Waals surface area contributed by atoms with E-state index in [4.69, 9.17) is 9.47 Å². The smallest absolute Gasteiger partial charge is 0.193 e. The van der Waals surface area contributed by atoms with Crippen LogP contribution in [0.5, 0.6) is 0 Å². The SMILES string of the molecule is C[C@@H]1CC=C2C(=O)[C@H]3O[C@@]3(C)CC[C@@H]3O[C@@]3(C)CC[C@]1(C)[C@@]2(C)O. The van der Waals surface area contributed by atoms with Crippen molar-refractivity contribution < 1.29 is 19.4 Å². The normalized spacial score (nSPS) is 57.0. The Kier molecular flexibility index (Phi) is 3.29. The molecule has 4 heteroatoms. The molecule has 3 fully saturated rings. The summed E-state index contributed by atoms with van der Waals surface area (Å²) in [7, 11) is 0. The summed E-state index contributed by atoms with van der Waals surface area (Å²) < 4.78 is 11.8. The second-order valence-corrected chi connectivity index (χ2v) is 9.38. The molecule has 7 atom stereocenters. The zero-order valence-corrected chi connectivity index (χ0v) is 15.5. The number of Topliss-reactive ketones (excluding diaryl/α,β-unsaturated/α-hetero) is 1. The van der Waals surface area contributed by atoms with Crippen molar-refractivity contribution in [3.05, 3.63) is 11.6 Å². The summed E-state index contributed by atoms with van der Waals surface area (Å²) >= 11 is 0. The molecule has 0 spiro atoms. The standard InChI is InChI=1S/C20H30O4/c1-12-6-7-13-15(21)16-19(4,24-16)9-8-14-18(3,23-14)11-10-17(12,2)20(13,5)22/h7,12,14,16,22H,6,8-11H2,1-5H3/t12-,14+,16-,17+,18+,19+,20+/m1/s1. The zero-order chi connectivity index (χ0) is 17.5. The third-order valence-electron chi connectivity index (χ3n) is 7.87. The number of ether oxygens (including phenoxy) is 2. The van der Waals surface area contributed by atoms with Gasteiger partial charge in [0, 0.05) is 11.0 Å². The number of ketones is 1. The van der Waals surface area contributed by atoms with E-state index in [0.717, 1.165) is 32.1 Å².